The lowest BCUT2D eigenvalue weighted by atomic mass is 10.2. The predicted octanol–water partition coefficient (Wildman–Crippen LogP) is 0.802. The molecular formula is C13H17FN4O2S. The summed E-state index contributed by atoms with van der Waals surface area (Å²) >= 11 is 0. The highest BCUT2D eigenvalue weighted by atomic mass is 32.2. The average Bonchev–Trinajstić information content (AvgIpc) is 2.88. The number of benzene rings is 1. The Morgan fingerprint density at radius 1 is 1.43 bits per heavy atom. The van der Waals surface area contributed by atoms with Crippen molar-refractivity contribution in [2.24, 2.45) is 5.73 Å². The van der Waals surface area contributed by atoms with Crippen molar-refractivity contribution in [3.05, 3.63) is 48.0 Å². The van der Waals surface area contributed by atoms with E-state index >= 15 is 0 Å². The third kappa shape index (κ3) is 3.66. The average molecular weight is 312 g/mol. The summed E-state index contributed by atoms with van der Waals surface area (Å²) in [6.07, 6.45) is 2.72. The van der Waals surface area contributed by atoms with E-state index in [0.717, 1.165) is 4.31 Å². The predicted molar refractivity (Wildman–Crippen MR) is 76.3 cm³/mol. The lowest BCUT2D eigenvalue weighted by Gasteiger charge is -2.16. The molecule has 21 heavy (non-hydrogen) atoms. The molecule has 2 rings (SSSR count). The first-order chi connectivity index (χ1) is 9.93. The van der Waals surface area contributed by atoms with E-state index in [1.54, 1.807) is 12.1 Å². The van der Waals surface area contributed by atoms with E-state index < -0.39 is 15.8 Å². The first kappa shape index (κ1) is 15.6. The quantitative estimate of drug-likeness (QED) is 0.855. The fraction of sp³-hybridized carbons (Fsp3) is 0.308. The van der Waals surface area contributed by atoms with Gasteiger partial charge in [0.15, 0.2) is 0 Å². The minimum Gasteiger partial charge on any atom is -0.329 e. The maximum Gasteiger partial charge on any atom is 0.246 e. The van der Waals surface area contributed by atoms with Crippen molar-refractivity contribution in [1.82, 2.24) is 14.1 Å². The number of aromatic nitrogens is 2. The third-order valence-corrected chi connectivity index (χ3v) is 4.73. The van der Waals surface area contributed by atoms with Crippen LogP contribution in [0.25, 0.3) is 0 Å². The molecule has 1 aromatic heterocycles. The molecular weight excluding hydrogens is 295 g/mol. The van der Waals surface area contributed by atoms with Gasteiger partial charge in [-0.25, -0.2) is 12.8 Å². The van der Waals surface area contributed by atoms with Gasteiger partial charge in [-0.3, -0.25) is 4.68 Å². The summed E-state index contributed by atoms with van der Waals surface area (Å²) in [6.45, 7) is 0.908. The van der Waals surface area contributed by atoms with E-state index in [0.29, 0.717) is 18.7 Å². The summed E-state index contributed by atoms with van der Waals surface area (Å²) < 4.78 is 40.5. The number of halogens is 1. The minimum atomic E-state index is -3.66. The summed E-state index contributed by atoms with van der Waals surface area (Å²) in [5, 5.41) is 3.95. The normalized spacial score (nSPS) is 12.0. The monoisotopic (exact) mass is 312 g/mol. The Kier molecular flexibility index (Phi) is 4.71. The van der Waals surface area contributed by atoms with Crippen LogP contribution in [0.2, 0.25) is 0 Å². The number of hydrogen-bond donors (Lipinski definition) is 1. The molecule has 6 nitrogen and oxygen atoms in total. The van der Waals surface area contributed by atoms with E-state index in [-0.39, 0.29) is 11.4 Å². The molecule has 0 saturated carbocycles. The first-order valence-electron chi connectivity index (χ1n) is 6.37. The highest BCUT2D eigenvalue weighted by Crippen LogP contribution is 2.16. The zero-order valence-electron chi connectivity index (χ0n) is 11.6. The van der Waals surface area contributed by atoms with Gasteiger partial charge in [-0.15, -0.1) is 0 Å². The molecule has 2 N–H and O–H groups in total. The van der Waals surface area contributed by atoms with Crippen LogP contribution >= 0.6 is 0 Å². The number of sulfonamides is 1. The van der Waals surface area contributed by atoms with Crippen LogP contribution < -0.4 is 5.73 Å². The summed E-state index contributed by atoms with van der Waals surface area (Å²) in [5.74, 6) is -0.394. The van der Waals surface area contributed by atoms with Crippen LogP contribution in [0.5, 0.6) is 0 Å². The van der Waals surface area contributed by atoms with Gasteiger partial charge in [0.25, 0.3) is 0 Å². The molecule has 8 heteroatoms. The summed E-state index contributed by atoms with van der Waals surface area (Å²) in [6, 6.07) is 5.84. The molecule has 1 aromatic carbocycles. The second-order valence-electron chi connectivity index (χ2n) is 4.62. The van der Waals surface area contributed by atoms with Gasteiger partial charge in [-0.1, -0.05) is 12.1 Å². The number of hydrogen-bond acceptors (Lipinski definition) is 4. The smallest absolute Gasteiger partial charge is 0.246 e. The largest absolute Gasteiger partial charge is 0.329 e. The lowest BCUT2D eigenvalue weighted by molar-refractivity contribution is 0.465. The highest BCUT2D eigenvalue weighted by molar-refractivity contribution is 7.89. The molecule has 0 aliphatic rings. The van der Waals surface area contributed by atoms with Crippen LogP contribution in [0.1, 0.15) is 5.56 Å². The molecule has 0 fully saturated rings. The Balaban J connectivity index is 2.17. The molecule has 114 valence electrons. The SMILES string of the molecule is CN(Cc1cccc(F)c1)S(=O)(=O)c1cnn(CCN)c1. The molecule has 0 aliphatic heterocycles. The Labute approximate surface area is 123 Å². The number of nitrogens with two attached hydrogens (primary N) is 1. The van der Waals surface area contributed by atoms with E-state index in [1.807, 2.05) is 0 Å². The van der Waals surface area contributed by atoms with E-state index in [1.165, 1.54) is 36.3 Å². The summed E-state index contributed by atoms with van der Waals surface area (Å²) in [5.41, 5.74) is 5.98. The molecule has 0 aliphatic carbocycles. The fourth-order valence-corrected chi connectivity index (χ4v) is 3.00. The van der Waals surface area contributed by atoms with Crippen molar-refractivity contribution in [2.45, 2.75) is 18.0 Å². The maximum absolute atomic E-state index is 13.1. The molecule has 0 bridgehead atoms. The zero-order valence-corrected chi connectivity index (χ0v) is 12.4. The van der Waals surface area contributed by atoms with Gasteiger partial charge in [0.1, 0.15) is 10.7 Å². The van der Waals surface area contributed by atoms with Crippen molar-refractivity contribution in [1.29, 1.82) is 0 Å². The van der Waals surface area contributed by atoms with Crippen molar-refractivity contribution < 1.29 is 12.8 Å². The maximum atomic E-state index is 13.1. The molecule has 0 atom stereocenters. The van der Waals surface area contributed by atoms with Gasteiger partial charge in [0.05, 0.1) is 12.7 Å². The van der Waals surface area contributed by atoms with E-state index in [9.17, 15) is 12.8 Å². The van der Waals surface area contributed by atoms with Crippen molar-refractivity contribution >= 4 is 10.0 Å². The Bertz CT molecular complexity index is 714. The van der Waals surface area contributed by atoms with Crippen LogP contribution in [0.15, 0.2) is 41.6 Å². The first-order valence-corrected chi connectivity index (χ1v) is 7.81. The number of nitrogens with zero attached hydrogens (tertiary/aromatic N) is 3. The van der Waals surface area contributed by atoms with Crippen LogP contribution in [0, 0.1) is 5.82 Å². The van der Waals surface area contributed by atoms with Gasteiger partial charge in [-0.05, 0) is 17.7 Å². The number of rotatable bonds is 6. The second kappa shape index (κ2) is 6.33. The molecule has 0 radical (unpaired) electrons. The third-order valence-electron chi connectivity index (χ3n) is 2.97. The van der Waals surface area contributed by atoms with E-state index in [2.05, 4.69) is 5.10 Å². The van der Waals surface area contributed by atoms with Gasteiger partial charge in [0.2, 0.25) is 10.0 Å². The van der Waals surface area contributed by atoms with Crippen molar-refractivity contribution in [3.8, 4) is 0 Å². The molecule has 0 saturated heterocycles. The van der Waals surface area contributed by atoms with Crippen LogP contribution in [0.4, 0.5) is 4.39 Å². The zero-order chi connectivity index (χ0) is 15.5. The summed E-state index contributed by atoms with van der Waals surface area (Å²) in [4.78, 5) is 0.0925. The van der Waals surface area contributed by atoms with E-state index in [4.69, 9.17) is 5.73 Å². The van der Waals surface area contributed by atoms with Gasteiger partial charge >= 0.3 is 0 Å². The molecule has 0 amide bonds. The van der Waals surface area contributed by atoms with Gasteiger partial charge < -0.3 is 5.73 Å². The Morgan fingerprint density at radius 3 is 2.86 bits per heavy atom. The second-order valence-corrected chi connectivity index (χ2v) is 6.66. The van der Waals surface area contributed by atoms with Gasteiger partial charge in [-0.2, -0.15) is 9.40 Å². The topological polar surface area (TPSA) is 81.2 Å². The van der Waals surface area contributed by atoms with Crippen molar-refractivity contribution in [2.75, 3.05) is 13.6 Å². The standard InChI is InChI=1S/C13H17FN4O2S/c1-17(9-11-3-2-4-12(14)7-11)21(19,20)13-8-16-18(10-13)6-5-15/h2-4,7-8,10H,5-6,9,15H2,1H3. The lowest BCUT2D eigenvalue weighted by Crippen LogP contribution is -2.26. The minimum absolute atomic E-state index is 0.0855. The highest BCUT2D eigenvalue weighted by Gasteiger charge is 2.22. The van der Waals surface area contributed by atoms with Gasteiger partial charge in [0, 0.05) is 26.3 Å². The fourth-order valence-electron chi connectivity index (χ4n) is 1.89. The molecule has 0 unspecified atom stereocenters. The molecule has 0 spiro atoms. The van der Waals surface area contributed by atoms with Crippen LogP contribution in [-0.4, -0.2) is 36.1 Å². The van der Waals surface area contributed by atoms with Crippen LogP contribution in [-0.2, 0) is 23.1 Å². The van der Waals surface area contributed by atoms with Crippen molar-refractivity contribution in [3.63, 3.8) is 0 Å². The Hall–Kier alpha value is -1.77. The Morgan fingerprint density at radius 2 is 2.19 bits per heavy atom. The van der Waals surface area contributed by atoms with Crippen LogP contribution in [0.3, 0.4) is 0 Å². The molecule has 1 heterocycles. The summed E-state index contributed by atoms with van der Waals surface area (Å²) in [7, 11) is -2.22. The molecule has 2 aromatic rings.